The Kier molecular flexibility index (Phi) is 6.49. The van der Waals surface area contributed by atoms with Gasteiger partial charge < -0.3 is 16.4 Å². The Morgan fingerprint density at radius 3 is 2.81 bits per heavy atom. The SMILES string of the molecule is CNC(=O)[C@]1(C)CC[C@@H](Nc2ncc3c(Br)nn(-c4ccc(-c5nnc(C(C)(C)N)s5)c(F)c4)c3n2)C1. The van der Waals surface area contributed by atoms with Gasteiger partial charge in [0, 0.05) is 36.3 Å². The van der Waals surface area contributed by atoms with Crippen molar-refractivity contribution >= 4 is 50.2 Å². The molecule has 0 unspecified atom stereocenters. The van der Waals surface area contributed by atoms with Crippen LogP contribution in [0.5, 0.6) is 0 Å². The lowest BCUT2D eigenvalue weighted by Crippen LogP contribution is -2.35. The first-order valence-corrected chi connectivity index (χ1v) is 13.4. The first-order valence-electron chi connectivity index (χ1n) is 11.8. The van der Waals surface area contributed by atoms with Crippen LogP contribution >= 0.6 is 27.3 Å². The van der Waals surface area contributed by atoms with E-state index in [-0.39, 0.29) is 11.9 Å². The summed E-state index contributed by atoms with van der Waals surface area (Å²) < 4.78 is 17.3. The van der Waals surface area contributed by atoms with Crippen LogP contribution in [0.25, 0.3) is 27.3 Å². The summed E-state index contributed by atoms with van der Waals surface area (Å²) in [5.41, 5.74) is 6.38. The second-order valence-electron chi connectivity index (χ2n) is 10.2. The van der Waals surface area contributed by atoms with Gasteiger partial charge in [-0.05, 0) is 61.2 Å². The maximum Gasteiger partial charge on any atom is 0.225 e. The maximum atomic E-state index is 15.2. The van der Waals surface area contributed by atoms with Crippen molar-refractivity contribution in [3.8, 4) is 16.3 Å². The third kappa shape index (κ3) is 4.82. The quantitative estimate of drug-likeness (QED) is 0.306. The summed E-state index contributed by atoms with van der Waals surface area (Å²) in [4.78, 5) is 21.4. The lowest BCUT2D eigenvalue weighted by molar-refractivity contribution is -0.129. The van der Waals surface area contributed by atoms with Crippen LogP contribution < -0.4 is 16.4 Å². The van der Waals surface area contributed by atoms with Crippen LogP contribution in [0.4, 0.5) is 10.3 Å². The van der Waals surface area contributed by atoms with Crippen LogP contribution in [0.1, 0.15) is 45.0 Å². The van der Waals surface area contributed by atoms with Gasteiger partial charge >= 0.3 is 0 Å². The molecule has 5 rings (SSSR count). The monoisotopic (exact) mass is 587 g/mol. The molecule has 0 radical (unpaired) electrons. The van der Waals surface area contributed by atoms with Gasteiger partial charge in [0.15, 0.2) is 10.7 Å². The van der Waals surface area contributed by atoms with Gasteiger partial charge in [0.1, 0.15) is 15.4 Å². The summed E-state index contributed by atoms with van der Waals surface area (Å²) in [7, 11) is 1.66. The normalized spacial score (nSPS) is 19.9. The Morgan fingerprint density at radius 2 is 2.14 bits per heavy atom. The molecule has 0 saturated heterocycles. The van der Waals surface area contributed by atoms with Crippen molar-refractivity contribution in [1.29, 1.82) is 0 Å². The predicted octanol–water partition coefficient (Wildman–Crippen LogP) is 4.15. The highest BCUT2D eigenvalue weighted by molar-refractivity contribution is 9.10. The van der Waals surface area contributed by atoms with E-state index in [0.29, 0.717) is 49.3 Å². The summed E-state index contributed by atoms with van der Waals surface area (Å²) in [5, 5.41) is 20.6. The van der Waals surface area contributed by atoms with Gasteiger partial charge in [-0.15, -0.1) is 10.2 Å². The van der Waals surface area contributed by atoms with Crippen LogP contribution in [-0.4, -0.2) is 48.9 Å². The van der Waals surface area contributed by atoms with E-state index in [1.807, 2.05) is 20.8 Å². The summed E-state index contributed by atoms with van der Waals surface area (Å²) >= 11 is 4.72. The highest BCUT2D eigenvalue weighted by atomic mass is 79.9. The topological polar surface area (TPSA) is 137 Å². The van der Waals surface area contributed by atoms with Gasteiger partial charge in [0.2, 0.25) is 11.9 Å². The number of aromatic nitrogens is 6. The molecule has 13 heteroatoms. The fraction of sp³-hybridized carbons (Fsp3) is 0.417. The van der Waals surface area contributed by atoms with Crippen molar-refractivity contribution in [2.24, 2.45) is 11.1 Å². The Bertz CT molecular complexity index is 1500. The number of rotatable bonds is 6. The number of halogens is 2. The molecule has 1 aliphatic rings. The van der Waals surface area contributed by atoms with E-state index in [0.717, 1.165) is 12.8 Å². The van der Waals surface area contributed by atoms with Crippen LogP contribution in [0.3, 0.4) is 0 Å². The number of nitrogens with zero attached hydrogens (tertiary/aromatic N) is 6. The maximum absolute atomic E-state index is 15.2. The summed E-state index contributed by atoms with van der Waals surface area (Å²) in [6, 6.07) is 4.86. The van der Waals surface area contributed by atoms with Gasteiger partial charge in [-0.3, -0.25) is 4.79 Å². The average Bonchev–Trinajstić information content (AvgIpc) is 3.57. The molecule has 1 fully saturated rings. The van der Waals surface area contributed by atoms with Gasteiger partial charge in [0.05, 0.1) is 16.6 Å². The van der Waals surface area contributed by atoms with E-state index in [2.05, 4.69) is 51.8 Å². The highest BCUT2D eigenvalue weighted by Gasteiger charge is 2.41. The van der Waals surface area contributed by atoms with Crippen molar-refractivity contribution in [2.45, 2.75) is 51.6 Å². The smallest absolute Gasteiger partial charge is 0.225 e. The van der Waals surface area contributed by atoms with E-state index < -0.39 is 16.8 Å². The molecule has 2 atom stereocenters. The molecule has 0 aliphatic heterocycles. The average molecular weight is 589 g/mol. The molecule has 4 aromatic rings. The second-order valence-corrected chi connectivity index (χ2v) is 11.9. The van der Waals surface area contributed by atoms with Crippen LogP contribution in [-0.2, 0) is 10.3 Å². The molecule has 10 nitrogen and oxygen atoms in total. The summed E-state index contributed by atoms with van der Waals surface area (Å²) in [5.74, 6) is 0.00831. The largest absolute Gasteiger partial charge is 0.359 e. The number of fused-ring (bicyclic) bond motifs is 1. The minimum absolute atomic E-state index is 0.0390. The molecule has 0 spiro atoms. The Hall–Kier alpha value is -3.03. The molecular formula is C24H27BrFN9OS. The van der Waals surface area contributed by atoms with E-state index in [4.69, 9.17) is 5.73 Å². The van der Waals surface area contributed by atoms with Crippen LogP contribution in [0.15, 0.2) is 29.0 Å². The Labute approximate surface area is 225 Å². The Morgan fingerprint density at radius 1 is 1.35 bits per heavy atom. The molecule has 4 N–H and O–H groups in total. The molecule has 1 amide bonds. The van der Waals surface area contributed by atoms with Crippen molar-refractivity contribution in [3.05, 3.63) is 39.8 Å². The molecule has 194 valence electrons. The van der Waals surface area contributed by atoms with Crippen molar-refractivity contribution in [2.75, 3.05) is 12.4 Å². The number of anilines is 1. The molecular weight excluding hydrogens is 561 g/mol. The van der Waals surface area contributed by atoms with E-state index in [1.54, 1.807) is 30.1 Å². The lowest BCUT2D eigenvalue weighted by Gasteiger charge is -2.22. The number of amides is 1. The fourth-order valence-corrected chi connectivity index (χ4v) is 5.90. The number of hydrogen-bond donors (Lipinski definition) is 3. The lowest BCUT2D eigenvalue weighted by atomic mass is 9.87. The van der Waals surface area contributed by atoms with Crippen LogP contribution in [0.2, 0.25) is 0 Å². The molecule has 1 aromatic carbocycles. The third-order valence-electron chi connectivity index (χ3n) is 6.63. The minimum Gasteiger partial charge on any atom is -0.359 e. The van der Waals surface area contributed by atoms with E-state index in [1.165, 1.54) is 17.4 Å². The minimum atomic E-state index is -0.655. The van der Waals surface area contributed by atoms with Crippen LogP contribution in [0, 0.1) is 11.2 Å². The third-order valence-corrected chi connectivity index (χ3v) is 8.51. The number of nitrogens with two attached hydrogens (primary N) is 1. The molecule has 1 aliphatic carbocycles. The zero-order valence-corrected chi connectivity index (χ0v) is 23.2. The van der Waals surface area contributed by atoms with Crippen molar-refractivity contribution in [3.63, 3.8) is 0 Å². The Balaban J connectivity index is 1.43. The zero-order chi connectivity index (χ0) is 26.5. The van der Waals surface area contributed by atoms with Gasteiger partial charge in [-0.25, -0.2) is 14.1 Å². The van der Waals surface area contributed by atoms with Gasteiger partial charge in [-0.1, -0.05) is 18.3 Å². The zero-order valence-electron chi connectivity index (χ0n) is 20.8. The number of benzene rings is 1. The molecule has 37 heavy (non-hydrogen) atoms. The number of carbonyl (C=O) groups is 1. The van der Waals surface area contributed by atoms with Gasteiger partial charge in [0.25, 0.3) is 0 Å². The predicted molar refractivity (Wildman–Crippen MR) is 144 cm³/mol. The summed E-state index contributed by atoms with van der Waals surface area (Å²) in [6.45, 7) is 5.63. The number of nitrogens with one attached hydrogen (secondary N) is 2. The fourth-order valence-electron chi connectivity index (χ4n) is 4.57. The second kappa shape index (κ2) is 9.37. The molecule has 3 heterocycles. The number of hydrogen-bond acceptors (Lipinski definition) is 9. The first-order chi connectivity index (χ1) is 17.5. The first kappa shape index (κ1) is 25.6. The van der Waals surface area contributed by atoms with Gasteiger partial charge in [-0.2, -0.15) is 10.1 Å². The van der Waals surface area contributed by atoms with E-state index >= 15 is 4.39 Å². The summed E-state index contributed by atoms with van der Waals surface area (Å²) in [6.07, 6.45) is 3.96. The highest BCUT2D eigenvalue weighted by Crippen LogP contribution is 2.39. The molecule has 1 saturated carbocycles. The van der Waals surface area contributed by atoms with Crippen molar-refractivity contribution in [1.82, 2.24) is 35.3 Å². The standard InChI is InChI=1S/C24H27BrFN9OS/c1-23(2,27)21-33-32-19(37-21)14-6-5-13(9-16(14)26)35-18-15(17(25)34-35)11-29-22(31-18)30-12-7-8-24(3,10-12)20(36)28-4/h5-6,9,11-12H,7-8,10,27H2,1-4H3,(H,28,36)(H,29,30,31)/t12-,24-/m1/s1. The number of carbonyl (C=O) groups excluding carboxylic acids is 1. The van der Waals surface area contributed by atoms with Crippen molar-refractivity contribution < 1.29 is 9.18 Å². The van der Waals surface area contributed by atoms with E-state index in [9.17, 15) is 4.79 Å². The molecule has 0 bridgehead atoms. The molecule has 3 aromatic heterocycles.